The van der Waals surface area contributed by atoms with Crippen molar-refractivity contribution in [3.63, 3.8) is 0 Å². The molecule has 0 aromatic heterocycles. The van der Waals surface area contributed by atoms with Gasteiger partial charge < -0.3 is 15.5 Å². The van der Waals surface area contributed by atoms with Crippen LogP contribution in [0.25, 0.3) is 0 Å². The molecule has 2 rings (SSSR count). The monoisotopic (exact) mass is 371 g/mol. The molecule has 1 fully saturated rings. The summed E-state index contributed by atoms with van der Waals surface area (Å²) in [5.41, 5.74) is 0.643. The second-order valence-corrected chi connectivity index (χ2v) is 7.89. The molecule has 6 heteroatoms. The Morgan fingerprint density at radius 2 is 1.89 bits per heavy atom. The molecule has 1 saturated heterocycles. The van der Waals surface area contributed by atoms with Crippen molar-refractivity contribution in [1.29, 1.82) is 0 Å². The van der Waals surface area contributed by atoms with Crippen molar-refractivity contribution in [3.05, 3.63) is 42.5 Å². The fourth-order valence-electron chi connectivity index (χ4n) is 2.89. The summed E-state index contributed by atoms with van der Waals surface area (Å²) in [5.74, 6) is -0.217. The SMILES string of the molecule is C=CCNC(=O)C1CCN(C(=O)c2cccc(NC(=O)C(C)(C)C)c2)CC1. The summed E-state index contributed by atoms with van der Waals surface area (Å²) < 4.78 is 0. The van der Waals surface area contributed by atoms with Crippen LogP contribution in [0.4, 0.5) is 5.69 Å². The van der Waals surface area contributed by atoms with Crippen LogP contribution in [0, 0.1) is 11.3 Å². The minimum Gasteiger partial charge on any atom is -0.352 e. The van der Waals surface area contributed by atoms with Crippen molar-refractivity contribution in [2.75, 3.05) is 25.0 Å². The number of nitrogens with zero attached hydrogens (tertiary/aromatic N) is 1. The molecule has 0 saturated carbocycles. The smallest absolute Gasteiger partial charge is 0.253 e. The molecule has 3 amide bonds. The molecule has 27 heavy (non-hydrogen) atoms. The van der Waals surface area contributed by atoms with E-state index in [-0.39, 0.29) is 23.6 Å². The van der Waals surface area contributed by atoms with Crippen LogP contribution in [-0.4, -0.2) is 42.3 Å². The van der Waals surface area contributed by atoms with Gasteiger partial charge in [-0.05, 0) is 31.0 Å². The van der Waals surface area contributed by atoms with Crippen molar-refractivity contribution < 1.29 is 14.4 Å². The zero-order valence-corrected chi connectivity index (χ0v) is 16.4. The molecular formula is C21H29N3O3. The maximum Gasteiger partial charge on any atom is 0.253 e. The van der Waals surface area contributed by atoms with Gasteiger partial charge in [0.05, 0.1) is 0 Å². The van der Waals surface area contributed by atoms with Gasteiger partial charge in [0.15, 0.2) is 0 Å². The second-order valence-electron chi connectivity index (χ2n) is 7.89. The summed E-state index contributed by atoms with van der Waals surface area (Å²) in [6.07, 6.45) is 2.95. The Hall–Kier alpha value is -2.63. The van der Waals surface area contributed by atoms with Gasteiger partial charge in [0, 0.05) is 42.2 Å². The van der Waals surface area contributed by atoms with Crippen LogP contribution >= 0.6 is 0 Å². The number of hydrogen-bond acceptors (Lipinski definition) is 3. The zero-order valence-electron chi connectivity index (χ0n) is 16.4. The predicted octanol–water partition coefficient (Wildman–Crippen LogP) is 2.83. The lowest BCUT2D eigenvalue weighted by Crippen LogP contribution is -2.43. The Bertz CT molecular complexity index is 714. The summed E-state index contributed by atoms with van der Waals surface area (Å²) in [6.45, 7) is 10.7. The Labute approximate surface area is 161 Å². The lowest BCUT2D eigenvalue weighted by atomic mass is 9.95. The minimum atomic E-state index is -0.506. The first-order chi connectivity index (χ1) is 12.7. The maximum absolute atomic E-state index is 12.8. The second kappa shape index (κ2) is 8.84. The number of rotatable bonds is 5. The molecule has 6 nitrogen and oxygen atoms in total. The van der Waals surface area contributed by atoms with Crippen molar-refractivity contribution in [3.8, 4) is 0 Å². The third-order valence-electron chi connectivity index (χ3n) is 4.62. The molecule has 0 aliphatic carbocycles. The summed E-state index contributed by atoms with van der Waals surface area (Å²) in [4.78, 5) is 38.7. The molecule has 1 aromatic carbocycles. The number of anilines is 1. The largest absolute Gasteiger partial charge is 0.352 e. The molecule has 2 N–H and O–H groups in total. The molecule has 0 atom stereocenters. The topological polar surface area (TPSA) is 78.5 Å². The Kier molecular flexibility index (Phi) is 6.77. The average molecular weight is 371 g/mol. The maximum atomic E-state index is 12.8. The summed E-state index contributed by atoms with van der Waals surface area (Å²) in [7, 11) is 0. The molecule has 0 bridgehead atoms. The molecule has 1 heterocycles. The molecule has 1 aliphatic heterocycles. The molecule has 1 aliphatic rings. The quantitative estimate of drug-likeness (QED) is 0.781. The van der Waals surface area contributed by atoms with Crippen LogP contribution in [0.1, 0.15) is 44.0 Å². The van der Waals surface area contributed by atoms with Gasteiger partial charge in [0.25, 0.3) is 5.91 Å². The van der Waals surface area contributed by atoms with E-state index in [1.165, 1.54) is 0 Å². The first kappa shape index (κ1) is 20.7. The highest BCUT2D eigenvalue weighted by Gasteiger charge is 2.28. The summed E-state index contributed by atoms with van der Waals surface area (Å²) in [6, 6.07) is 6.99. The van der Waals surface area contributed by atoms with Gasteiger partial charge in [-0.3, -0.25) is 14.4 Å². The Morgan fingerprint density at radius 3 is 2.48 bits per heavy atom. The van der Waals surface area contributed by atoms with E-state index < -0.39 is 5.41 Å². The van der Waals surface area contributed by atoms with Crippen LogP contribution in [0.15, 0.2) is 36.9 Å². The van der Waals surface area contributed by atoms with E-state index in [1.54, 1.807) is 35.2 Å². The number of nitrogens with one attached hydrogen (secondary N) is 2. The highest BCUT2D eigenvalue weighted by Crippen LogP contribution is 2.22. The van der Waals surface area contributed by atoms with Crippen molar-refractivity contribution in [1.82, 2.24) is 10.2 Å². The van der Waals surface area contributed by atoms with Gasteiger partial charge in [-0.1, -0.05) is 32.9 Å². The molecular weight excluding hydrogens is 342 g/mol. The molecule has 146 valence electrons. The highest BCUT2D eigenvalue weighted by atomic mass is 16.2. The number of hydrogen-bond donors (Lipinski definition) is 2. The van der Waals surface area contributed by atoms with Crippen LogP contribution in [0.5, 0.6) is 0 Å². The lowest BCUT2D eigenvalue weighted by Gasteiger charge is -2.31. The predicted molar refractivity (Wildman–Crippen MR) is 106 cm³/mol. The number of carbonyl (C=O) groups is 3. The number of benzene rings is 1. The molecule has 1 aromatic rings. The first-order valence-electron chi connectivity index (χ1n) is 9.32. The minimum absolute atomic E-state index is 0.0221. The molecule has 0 unspecified atom stereocenters. The fraction of sp³-hybridized carbons (Fsp3) is 0.476. The molecule has 0 spiro atoms. The third-order valence-corrected chi connectivity index (χ3v) is 4.62. The zero-order chi connectivity index (χ0) is 20.0. The number of amides is 3. The van der Waals surface area contributed by atoms with Gasteiger partial charge in [0.1, 0.15) is 0 Å². The van der Waals surface area contributed by atoms with Gasteiger partial charge in [-0.15, -0.1) is 6.58 Å². The van der Waals surface area contributed by atoms with E-state index in [1.807, 2.05) is 20.8 Å². The first-order valence-corrected chi connectivity index (χ1v) is 9.32. The van der Waals surface area contributed by atoms with E-state index >= 15 is 0 Å². The van der Waals surface area contributed by atoms with Crippen molar-refractivity contribution in [2.24, 2.45) is 11.3 Å². The Balaban J connectivity index is 1.97. The van der Waals surface area contributed by atoms with Gasteiger partial charge in [-0.25, -0.2) is 0 Å². The van der Waals surface area contributed by atoms with E-state index in [0.29, 0.717) is 43.7 Å². The standard InChI is InChI=1S/C21H29N3O3/c1-5-11-22-18(25)15-9-12-24(13-10-15)19(26)16-7-6-8-17(14-16)23-20(27)21(2,3)4/h5-8,14-15H,1,9-13H2,2-4H3,(H,22,25)(H,23,27). The van der Waals surface area contributed by atoms with Gasteiger partial charge >= 0.3 is 0 Å². The third kappa shape index (κ3) is 5.67. The van der Waals surface area contributed by atoms with Crippen LogP contribution < -0.4 is 10.6 Å². The number of carbonyl (C=O) groups excluding carboxylic acids is 3. The van der Waals surface area contributed by atoms with E-state index in [2.05, 4.69) is 17.2 Å². The van der Waals surface area contributed by atoms with E-state index in [0.717, 1.165) is 0 Å². The van der Waals surface area contributed by atoms with Crippen LogP contribution in [-0.2, 0) is 9.59 Å². The average Bonchev–Trinajstić information content (AvgIpc) is 2.65. The van der Waals surface area contributed by atoms with Crippen molar-refractivity contribution in [2.45, 2.75) is 33.6 Å². The lowest BCUT2D eigenvalue weighted by molar-refractivity contribution is -0.126. The van der Waals surface area contributed by atoms with Gasteiger partial charge in [0.2, 0.25) is 11.8 Å². The number of piperidine rings is 1. The highest BCUT2D eigenvalue weighted by molar-refractivity contribution is 5.98. The fourth-order valence-corrected chi connectivity index (χ4v) is 2.89. The Morgan fingerprint density at radius 1 is 1.22 bits per heavy atom. The van der Waals surface area contributed by atoms with Crippen molar-refractivity contribution >= 4 is 23.4 Å². The summed E-state index contributed by atoms with van der Waals surface area (Å²) in [5, 5.41) is 5.67. The van der Waals surface area contributed by atoms with Crippen LogP contribution in [0.2, 0.25) is 0 Å². The van der Waals surface area contributed by atoms with E-state index in [9.17, 15) is 14.4 Å². The van der Waals surface area contributed by atoms with Gasteiger partial charge in [-0.2, -0.15) is 0 Å². The normalized spacial score (nSPS) is 15.1. The summed E-state index contributed by atoms with van der Waals surface area (Å²) >= 11 is 0. The van der Waals surface area contributed by atoms with E-state index in [4.69, 9.17) is 0 Å². The molecule has 0 radical (unpaired) electrons. The van der Waals surface area contributed by atoms with Crippen LogP contribution in [0.3, 0.4) is 0 Å². The number of likely N-dealkylation sites (tertiary alicyclic amines) is 1.